The van der Waals surface area contributed by atoms with E-state index in [0.29, 0.717) is 0 Å². The number of benzene rings is 3. The average Bonchev–Trinajstić information content (AvgIpc) is 3.40. The molecule has 0 aliphatic carbocycles. The van der Waals surface area contributed by atoms with Crippen LogP contribution in [-0.2, 0) is 25.0 Å². The van der Waals surface area contributed by atoms with Crippen molar-refractivity contribution in [3.63, 3.8) is 0 Å². The van der Waals surface area contributed by atoms with Crippen molar-refractivity contribution in [2.45, 2.75) is 37.9 Å². The van der Waals surface area contributed by atoms with Gasteiger partial charge in [0.05, 0.1) is 18.8 Å². The van der Waals surface area contributed by atoms with Gasteiger partial charge in [-0.1, -0.05) is 84.4 Å². The van der Waals surface area contributed by atoms with Gasteiger partial charge in [0.2, 0.25) is 0 Å². The summed E-state index contributed by atoms with van der Waals surface area (Å²) in [5, 5.41) is 15.2. The molecule has 6 nitrogen and oxygen atoms in total. The fourth-order valence-electron chi connectivity index (χ4n) is 6.74. The summed E-state index contributed by atoms with van der Waals surface area (Å²) < 4.78 is 2.11. The Kier molecular flexibility index (Phi) is 9.37. The van der Waals surface area contributed by atoms with Crippen molar-refractivity contribution >= 4 is 11.6 Å². The number of nitrogens with zero attached hydrogens (tertiary/aromatic N) is 5. The van der Waals surface area contributed by atoms with Gasteiger partial charge in [-0.15, -0.1) is 0 Å². The Hall–Kier alpha value is -3.00. The van der Waals surface area contributed by atoms with Crippen LogP contribution >= 0.6 is 11.6 Å². The molecule has 7 heteroatoms. The molecule has 1 aromatic heterocycles. The lowest BCUT2D eigenvalue weighted by Crippen LogP contribution is -2.46. The van der Waals surface area contributed by atoms with Crippen molar-refractivity contribution in [1.82, 2.24) is 24.5 Å². The highest BCUT2D eigenvalue weighted by molar-refractivity contribution is 6.30. The number of aliphatic hydroxyl groups excluding tert-OH is 1. The first-order valence-corrected chi connectivity index (χ1v) is 15.7. The van der Waals surface area contributed by atoms with E-state index in [1.54, 1.807) is 0 Å². The van der Waals surface area contributed by atoms with Crippen molar-refractivity contribution < 1.29 is 5.11 Å². The predicted octanol–water partition coefficient (Wildman–Crippen LogP) is 5.28. The number of aromatic nitrogens is 2. The van der Waals surface area contributed by atoms with E-state index < -0.39 is 0 Å². The van der Waals surface area contributed by atoms with Gasteiger partial charge >= 0.3 is 0 Å². The maximum atomic E-state index is 9.33. The average molecular weight is 584 g/mol. The third-order valence-corrected chi connectivity index (χ3v) is 9.45. The Bertz CT molecular complexity index is 1350. The molecule has 3 heterocycles. The lowest BCUT2D eigenvalue weighted by Gasteiger charge is -2.43. The Balaban J connectivity index is 1.19. The molecular formula is C35H42ClN5O. The van der Waals surface area contributed by atoms with Gasteiger partial charge in [-0.2, -0.15) is 5.10 Å². The van der Waals surface area contributed by atoms with Crippen LogP contribution in [0.15, 0.2) is 91.1 Å². The van der Waals surface area contributed by atoms with E-state index in [1.807, 2.05) is 12.1 Å². The fourth-order valence-corrected chi connectivity index (χ4v) is 6.87. The van der Waals surface area contributed by atoms with Crippen LogP contribution in [0, 0.1) is 0 Å². The summed E-state index contributed by atoms with van der Waals surface area (Å²) in [5.41, 5.74) is 6.60. The molecule has 0 bridgehead atoms. The molecule has 2 aliphatic heterocycles. The first-order valence-electron chi connectivity index (χ1n) is 15.3. The number of rotatable bonds is 10. The smallest absolute Gasteiger partial charge is 0.0809 e. The molecule has 0 saturated carbocycles. The summed E-state index contributed by atoms with van der Waals surface area (Å²) >= 11 is 6.14. The summed E-state index contributed by atoms with van der Waals surface area (Å²) in [6.45, 7) is 9.61. The number of hydrogen-bond acceptors (Lipinski definition) is 5. The Morgan fingerprint density at radius 1 is 0.667 bits per heavy atom. The summed E-state index contributed by atoms with van der Waals surface area (Å²) in [6.07, 6.45) is 4.44. The van der Waals surface area contributed by atoms with E-state index in [9.17, 15) is 5.11 Å². The zero-order valence-corrected chi connectivity index (χ0v) is 25.2. The van der Waals surface area contributed by atoms with Gasteiger partial charge in [-0.05, 0) is 54.8 Å². The Morgan fingerprint density at radius 3 is 1.83 bits per heavy atom. The van der Waals surface area contributed by atoms with Crippen LogP contribution in [0.4, 0.5) is 0 Å². The third kappa shape index (κ3) is 6.80. The third-order valence-electron chi connectivity index (χ3n) is 9.19. The van der Waals surface area contributed by atoms with E-state index in [4.69, 9.17) is 16.7 Å². The number of β-amino-alcohol motifs (C(OH)–C–C–N with tert-alkyl or cyclic N) is 1. The van der Waals surface area contributed by atoms with Gasteiger partial charge in [-0.3, -0.25) is 19.4 Å². The normalized spacial score (nSPS) is 18.3. The minimum atomic E-state index is 0.0457. The Labute approximate surface area is 255 Å². The summed E-state index contributed by atoms with van der Waals surface area (Å²) in [5.74, 6) is 0. The van der Waals surface area contributed by atoms with E-state index in [2.05, 4.69) is 98.4 Å². The highest BCUT2D eigenvalue weighted by Crippen LogP contribution is 2.42. The molecule has 3 aromatic carbocycles. The van der Waals surface area contributed by atoms with Gasteiger partial charge in [0, 0.05) is 68.0 Å². The summed E-state index contributed by atoms with van der Waals surface area (Å²) in [4.78, 5) is 7.48. The fraction of sp³-hybridized carbons (Fsp3) is 0.400. The van der Waals surface area contributed by atoms with Crippen molar-refractivity contribution in [3.05, 3.63) is 124 Å². The van der Waals surface area contributed by atoms with Crippen molar-refractivity contribution in [2.75, 3.05) is 52.4 Å². The van der Waals surface area contributed by atoms with Gasteiger partial charge in [-0.25, -0.2) is 0 Å². The number of piperazine rings is 1. The molecule has 0 amide bonds. The standard InChI is InChI=1S/C35H42ClN5O/c36-33-13-11-29(12-14-33)25-41-27-30(26-40-21-19-38(20-22-40)23-24-42)34(37-41)28-39-17-15-35(16-18-39,31-7-3-1-4-8-31)32-9-5-2-6-10-32/h1-14,27,42H,15-26,28H2. The Morgan fingerprint density at radius 2 is 1.24 bits per heavy atom. The van der Waals surface area contributed by atoms with Crippen LogP contribution in [0.3, 0.4) is 0 Å². The minimum absolute atomic E-state index is 0.0457. The van der Waals surface area contributed by atoms with E-state index in [1.165, 1.54) is 27.9 Å². The predicted molar refractivity (Wildman–Crippen MR) is 170 cm³/mol. The SMILES string of the molecule is OCCN1CCN(Cc2cn(Cc3ccc(Cl)cc3)nc2CN2CCC(c3ccccc3)(c3ccccc3)CC2)CC1. The molecule has 2 fully saturated rings. The molecule has 0 radical (unpaired) electrons. The molecule has 0 atom stereocenters. The van der Waals surface area contributed by atoms with Gasteiger partial charge in [0.15, 0.2) is 0 Å². The van der Waals surface area contributed by atoms with E-state index >= 15 is 0 Å². The molecule has 2 aliphatic rings. The molecular weight excluding hydrogens is 542 g/mol. The van der Waals surface area contributed by atoms with Crippen LogP contribution in [-0.4, -0.2) is 82.0 Å². The molecule has 2 saturated heterocycles. The van der Waals surface area contributed by atoms with Crippen LogP contribution in [0.5, 0.6) is 0 Å². The first-order chi connectivity index (χ1) is 20.6. The number of hydrogen-bond donors (Lipinski definition) is 1. The van der Waals surface area contributed by atoms with Crippen LogP contribution < -0.4 is 0 Å². The van der Waals surface area contributed by atoms with Crippen molar-refractivity contribution in [1.29, 1.82) is 0 Å². The monoisotopic (exact) mass is 583 g/mol. The van der Waals surface area contributed by atoms with Gasteiger partial charge in [0.25, 0.3) is 0 Å². The largest absolute Gasteiger partial charge is 0.395 e. The maximum absolute atomic E-state index is 9.33. The van der Waals surface area contributed by atoms with Crippen LogP contribution in [0.2, 0.25) is 5.02 Å². The van der Waals surface area contributed by atoms with Crippen molar-refractivity contribution in [2.24, 2.45) is 0 Å². The lowest BCUT2D eigenvalue weighted by atomic mass is 9.68. The lowest BCUT2D eigenvalue weighted by molar-refractivity contribution is 0.108. The van der Waals surface area contributed by atoms with Gasteiger partial charge in [0.1, 0.15) is 0 Å². The second-order valence-electron chi connectivity index (χ2n) is 11.9. The maximum Gasteiger partial charge on any atom is 0.0809 e. The molecule has 1 N–H and O–H groups in total. The number of halogens is 1. The topological polar surface area (TPSA) is 47.8 Å². The molecule has 4 aromatic rings. The number of piperidine rings is 1. The quantitative estimate of drug-likeness (QED) is 0.275. The molecule has 0 spiro atoms. The van der Waals surface area contributed by atoms with Crippen LogP contribution in [0.1, 0.15) is 40.8 Å². The molecule has 6 rings (SSSR count). The number of likely N-dealkylation sites (tertiary alicyclic amines) is 1. The van der Waals surface area contributed by atoms with E-state index in [-0.39, 0.29) is 12.0 Å². The van der Waals surface area contributed by atoms with E-state index in [0.717, 1.165) is 83.3 Å². The highest BCUT2D eigenvalue weighted by Gasteiger charge is 2.38. The molecule has 220 valence electrons. The second kappa shape index (κ2) is 13.5. The van der Waals surface area contributed by atoms with Crippen molar-refractivity contribution in [3.8, 4) is 0 Å². The molecule has 42 heavy (non-hydrogen) atoms. The minimum Gasteiger partial charge on any atom is -0.395 e. The first kappa shape index (κ1) is 29.1. The second-order valence-corrected chi connectivity index (χ2v) is 12.3. The summed E-state index contributed by atoms with van der Waals surface area (Å²) in [6, 6.07) is 30.2. The van der Waals surface area contributed by atoms with Crippen LogP contribution in [0.25, 0.3) is 0 Å². The zero-order valence-electron chi connectivity index (χ0n) is 24.4. The molecule has 0 unspecified atom stereocenters. The number of aliphatic hydroxyl groups is 1. The summed E-state index contributed by atoms with van der Waals surface area (Å²) in [7, 11) is 0. The highest BCUT2D eigenvalue weighted by atomic mass is 35.5. The van der Waals surface area contributed by atoms with Gasteiger partial charge < -0.3 is 5.11 Å². The zero-order chi connectivity index (χ0) is 28.8.